The predicted octanol–water partition coefficient (Wildman–Crippen LogP) is 5.43. The first-order valence-corrected chi connectivity index (χ1v) is 11.1. The summed E-state index contributed by atoms with van der Waals surface area (Å²) < 4.78 is 14.0. The molecule has 2 aromatic heterocycles. The molecule has 33 heavy (non-hydrogen) atoms. The van der Waals surface area contributed by atoms with Crippen LogP contribution in [-0.4, -0.2) is 26.4 Å². The largest absolute Gasteiger partial charge is 0.367 e. The number of pyridine rings is 1. The highest BCUT2D eigenvalue weighted by Gasteiger charge is 2.21. The lowest BCUT2D eigenvalue weighted by Gasteiger charge is -2.32. The van der Waals surface area contributed by atoms with E-state index in [9.17, 15) is 9.18 Å². The topological polar surface area (TPSA) is 61.9 Å². The lowest BCUT2D eigenvalue weighted by molar-refractivity contribution is 0.326. The lowest BCUT2D eigenvalue weighted by atomic mass is 9.94. The van der Waals surface area contributed by atoms with Crippen molar-refractivity contribution in [2.24, 2.45) is 0 Å². The fourth-order valence-corrected chi connectivity index (χ4v) is 4.40. The van der Waals surface area contributed by atoms with E-state index in [1.54, 1.807) is 19.1 Å². The van der Waals surface area contributed by atoms with Gasteiger partial charge in [-0.25, -0.2) is 9.37 Å². The van der Waals surface area contributed by atoms with Crippen LogP contribution in [0.4, 0.5) is 4.39 Å². The number of aromatic nitrogens is 3. The highest BCUT2D eigenvalue weighted by atomic mass is 19.1. The van der Waals surface area contributed by atoms with Gasteiger partial charge >= 0.3 is 0 Å². The van der Waals surface area contributed by atoms with Crippen molar-refractivity contribution in [3.63, 3.8) is 0 Å². The molecule has 1 aliphatic carbocycles. The standard InChI is InChI=1S/C27H29FN4O/c1-16-8-23(28)10-18(3)24(9-16)21-13-22-15-32(7-6-25(22)29-14-21)20(5)17(2)11-26-30-19(4)12-27(33)31-26/h8,10-14H,5-7,9,15H2,1-4H3,(H,30,31,33)/b17-11-. The van der Waals surface area contributed by atoms with Crippen LogP contribution in [0.3, 0.4) is 0 Å². The number of aromatic amines is 1. The zero-order valence-electron chi connectivity index (χ0n) is 19.6. The van der Waals surface area contributed by atoms with Gasteiger partial charge in [0.15, 0.2) is 0 Å². The molecule has 0 spiro atoms. The third kappa shape index (κ3) is 5.11. The van der Waals surface area contributed by atoms with Crippen LogP contribution in [-0.2, 0) is 13.0 Å². The highest BCUT2D eigenvalue weighted by molar-refractivity contribution is 5.73. The van der Waals surface area contributed by atoms with Crippen LogP contribution in [0, 0.1) is 6.92 Å². The van der Waals surface area contributed by atoms with Crippen molar-refractivity contribution in [3.8, 4) is 0 Å². The van der Waals surface area contributed by atoms with Gasteiger partial charge in [0, 0.05) is 48.9 Å². The summed E-state index contributed by atoms with van der Waals surface area (Å²) in [6.45, 7) is 13.5. The highest BCUT2D eigenvalue weighted by Crippen LogP contribution is 2.33. The van der Waals surface area contributed by atoms with Crippen LogP contribution >= 0.6 is 0 Å². The van der Waals surface area contributed by atoms with Crippen LogP contribution < -0.4 is 5.56 Å². The van der Waals surface area contributed by atoms with Crippen molar-refractivity contribution in [1.29, 1.82) is 0 Å². The molecule has 0 unspecified atom stereocenters. The Bertz CT molecular complexity index is 1310. The van der Waals surface area contributed by atoms with E-state index in [4.69, 9.17) is 4.98 Å². The van der Waals surface area contributed by atoms with Crippen molar-refractivity contribution < 1.29 is 4.39 Å². The van der Waals surface area contributed by atoms with Gasteiger partial charge in [-0.3, -0.25) is 9.78 Å². The smallest absolute Gasteiger partial charge is 0.251 e. The van der Waals surface area contributed by atoms with Crippen molar-refractivity contribution in [3.05, 3.63) is 104 Å². The van der Waals surface area contributed by atoms with Gasteiger partial charge in [-0.05, 0) is 86.3 Å². The molecule has 1 N–H and O–H groups in total. The summed E-state index contributed by atoms with van der Waals surface area (Å²) in [5, 5.41) is 0. The number of aryl methyl sites for hydroxylation is 1. The first-order valence-electron chi connectivity index (χ1n) is 11.1. The molecule has 2 aromatic rings. The third-order valence-corrected chi connectivity index (χ3v) is 6.14. The average Bonchev–Trinajstić information content (AvgIpc) is 2.87. The van der Waals surface area contributed by atoms with E-state index in [1.165, 1.54) is 6.07 Å². The number of H-pyrrole nitrogens is 1. The Hall–Kier alpha value is -3.54. The van der Waals surface area contributed by atoms with E-state index in [1.807, 2.05) is 33.0 Å². The van der Waals surface area contributed by atoms with Gasteiger partial charge in [0.05, 0.1) is 0 Å². The van der Waals surface area contributed by atoms with E-state index in [2.05, 4.69) is 27.5 Å². The minimum Gasteiger partial charge on any atom is -0.367 e. The maximum atomic E-state index is 14.0. The van der Waals surface area contributed by atoms with Crippen molar-refractivity contribution in [2.75, 3.05) is 6.54 Å². The van der Waals surface area contributed by atoms with Gasteiger partial charge in [-0.15, -0.1) is 0 Å². The molecule has 0 fully saturated rings. The van der Waals surface area contributed by atoms with Crippen LogP contribution in [0.25, 0.3) is 11.6 Å². The maximum Gasteiger partial charge on any atom is 0.251 e. The number of rotatable bonds is 4. The third-order valence-electron chi connectivity index (χ3n) is 6.14. The monoisotopic (exact) mass is 444 g/mol. The van der Waals surface area contributed by atoms with Gasteiger partial charge in [-0.2, -0.15) is 0 Å². The molecule has 0 bridgehead atoms. The molecule has 5 nitrogen and oxygen atoms in total. The van der Waals surface area contributed by atoms with Gasteiger partial charge in [0.25, 0.3) is 5.56 Å². The molecule has 1 aliphatic heterocycles. The lowest BCUT2D eigenvalue weighted by Crippen LogP contribution is -2.30. The van der Waals surface area contributed by atoms with Crippen molar-refractivity contribution in [1.82, 2.24) is 19.9 Å². The Labute approximate surface area is 193 Å². The van der Waals surface area contributed by atoms with E-state index in [0.717, 1.165) is 57.8 Å². The SMILES string of the molecule is C=C(/C(C)=C\c1nc(C)cc(=O)[nH]1)N1CCc2ncc(C3=C(C)C=C(F)C=C(C)C3)cc2C1. The maximum absolute atomic E-state index is 14.0. The van der Waals surface area contributed by atoms with Gasteiger partial charge in [0.2, 0.25) is 0 Å². The summed E-state index contributed by atoms with van der Waals surface area (Å²) in [4.78, 5) is 25.9. The molecular formula is C27H29FN4O. The molecule has 0 amide bonds. The molecule has 0 saturated carbocycles. The van der Waals surface area contributed by atoms with Crippen LogP contribution in [0.1, 0.15) is 55.5 Å². The Kier molecular flexibility index (Phi) is 6.27. The Morgan fingerprint density at radius 1 is 1.24 bits per heavy atom. The first kappa shape index (κ1) is 22.6. The average molecular weight is 445 g/mol. The minimum atomic E-state index is -0.208. The summed E-state index contributed by atoms with van der Waals surface area (Å²) in [5.41, 5.74) is 8.66. The number of halogens is 1. The predicted molar refractivity (Wildman–Crippen MR) is 131 cm³/mol. The molecule has 3 heterocycles. The minimum absolute atomic E-state index is 0.166. The number of allylic oxidation sites excluding steroid dienone is 7. The number of nitrogens with zero attached hydrogens (tertiary/aromatic N) is 3. The molecule has 6 heteroatoms. The second-order valence-corrected chi connectivity index (χ2v) is 8.91. The zero-order chi connectivity index (χ0) is 23.7. The van der Waals surface area contributed by atoms with Crippen LogP contribution in [0.5, 0.6) is 0 Å². The Balaban J connectivity index is 1.59. The van der Waals surface area contributed by atoms with Crippen LogP contribution in [0.2, 0.25) is 0 Å². The second kappa shape index (κ2) is 9.14. The molecule has 0 radical (unpaired) electrons. The van der Waals surface area contributed by atoms with Crippen molar-refractivity contribution >= 4 is 11.6 Å². The first-order chi connectivity index (χ1) is 15.7. The number of fused-ring (bicyclic) bond motifs is 1. The molecule has 0 atom stereocenters. The van der Waals surface area contributed by atoms with Gasteiger partial charge in [-0.1, -0.05) is 12.2 Å². The number of nitrogens with one attached hydrogen (secondary N) is 1. The summed E-state index contributed by atoms with van der Waals surface area (Å²) in [6.07, 6.45) is 8.49. The Morgan fingerprint density at radius 2 is 2.03 bits per heavy atom. The summed E-state index contributed by atoms with van der Waals surface area (Å²) >= 11 is 0. The van der Waals surface area contributed by atoms with E-state index in [-0.39, 0.29) is 11.4 Å². The van der Waals surface area contributed by atoms with Gasteiger partial charge < -0.3 is 9.88 Å². The number of hydrogen-bond donors (Lipinski definition) is 1. The molecule has 2 aliphatic rings. The molecule has 0 aromatic carbocycles. The van der Waals surface area contributed by atoms with E-state index in [0.29, 0.717) is 24.5 Å². The summed E-state index contributed by atoms with van der Waals surface area (Å²) in [7, 11) is 0. The summed E-state index contributed by atoms with van der Waals surface area (Å²) in [6, 6.07) is 3.66. The fourth-order valence-electron chi connectivity index (χ4n) is 4.40. The zero-order valence-corrected chi connectivity index (χ0v) is 19.6. The molecular weight excluding hydrogens is 415 g/mol. The fraction of sp³-hybridized carbons (Fsp3) is 0.296. The van der Waals surface area contributed by atoms with E-state index < -0.39 is 0 Å². The van der Waals surface area contributed by atoms with Gasteiger partial charge in [0.1, 0.15) is 11.7 Å². The normalized spacial score (nSPS) is 16.8. The summed E-state index contributed by atoms with van der Waals surface area (Å²) in [5.74, 6) is 0.319. The number of hydrogen-bond acceptors (Lipinski definition) is 4. The quantitative estimate of drug-likeness (QED) is 0.639. The molecule has 170 valence electrons. The van der Waals surface area contributed by atoms with E-state index >= 15 is 0 Å². The second-order valence-electron chi connectivity index (χ2n) is 8.91. The Morgan fingerprint density at radius 3 is 2.79 bits per heavy atom. The van der Waals surface area contributed by atoms with Crippen LogP contribution in [0.15, 0.2) is 70.1 Å². The molecule has 4 rings (SSSR count). The molecule has 0 saturated heterocycles. The van der Waals surface area contributed by atoms with Crippen molar-refractivity contribution in [2.45, 2.75) is 47.1 Å².